The van der Waals surface area contributed by atoms with Crippen LogP contribution in [0.4, 0.5) is 0 Å². The zero-order valence-electron chi connectivity index (χ0n) is 9.06. The van der Waals surface area contributed by atoms with Crippen LogP contribution < -0.4 is 0 Å². The van der Waals surface area contributed by atoms with Gasteiger partial charge in [0, 0.05) is 0 Å². The Balaban J connectivity index is 3.10. The average Bonchev–Trinajstić information content (AvgIpc) is 2.70. The van der Waals surface area contributed by atoms with E-state index in [0.29, 0.717) is 11.5 Å². The Bertz CT molecular complexity index is 396. The van der Waals surface area contributed by atoms with Crippen LogP contribution in [0.25, 0.3) is 5.57 Å². The number of aliphatic hydroxyl groups is 1. The summed E-state index contributed by atoms with van der Waals surface area (Å²) in [5.41, 5.74) is 1.65. The van der Waals surface area contributed by atoms with E-state index in [1.807, 2.05) is 19.9 Å². The van der Waals surface area contributed by atoms with E-state index >= 15 is 0 Å². The predicted molar refractivity (Wildman–Crippen MR) is 58.1 cm³/mol. The van der Waals surface area contributed by atoms with E-state index in [1.165, 1.54) is 6.33 Å². The summed E-state index contributed by atoms with van der Waals surface area (Å²) in [5.74, 6) is 0.430. The number of aliphatic hydroxyl groups excluding tert-OH is 1. The summed E-state index contributed by atoms with van der Waals surface area (Å²) in [5, 5.41) is 13.1. The molecule has 1 aromatic heterocycles. The summed E-state index contributed by atoms with van der Waals surface area (Å²) in [6.45, 7) is 5.67. The fourth-order valence-electron chi connectivity index (χ4n) is 0.964. The molecule has 0 aliphatic rings. The van der Waals surface area contributed by atoms with Crippen molar-refractivity contribution in [2.75, 3.05) is 0 Å². The minimum absolute atomic E-state index is 0.122. The van der Waals surface area contributed by atoms with E-state index in [2.05, 4.69) is 10.1 Å². The number of nitrogens with zero attached hydrogens (tertiary/aromatic N) is 2. The first-order valence-corrected chi connectivity index (χ1v) is 4.63. The van der Waals surface area contributed by atoms with Crippen molar-refractivity contribution < 1.29 is 9.63 Å². The van der Waals surface area contributed by atoms with Gasteiger partial charge in [-0.3, -0.25) is 0 Å². The number of rotatable bonds is 3. The lowest BCUT2D eigenvalue weighted by Gasteiger charge is -1.99. The van der Waals surface area contributed by atoms with Crippen LogP contribution in [0.2, 0.25) is 0 Å². The lowest BCUT2D eigenvalue weighted by Crippen LogP contribution is -1.88. The second kappa shape index (κ2) is 5.14. The maximum Gasteiger partial charge on any atom is 0.261 e. The van der Waals surface area contributed by atoms with Gasteiger partial charge in [-0.15, -0.1) is 0 Å². The van der Waals surface area contributed by atoms with Crippen molar-refractivity contribution in [3.63, 3.8) is 0 Å². The van der Waals surface area contributed by atoms with Crippen molar-refractivity contribution in [3.05, 3.63) is 41.8 Å². The summed E-state index contributed by atoms with van der Waals surface area (Å²) >= 11 is 0. The number of allylic oxidation sites excluding steroid dienone is 5. The molecular formula is C11H14N2O2. The van der Waals surface area contributed by atoms with Crippen LogP contribution in [-0.4, -0.2) is 15.2 Å². The second-order valence-corrected chi connectivity index (χ2v) is 3.24. The lowest BCUT2D eigenvalue weighted by molar-refractivity contribution is 0.393. The summed E-state index contributed by atoms with van der Waals surface area (Å²) in [6.07, 6.45) is 6.50. The molecule has 0 aliphatic heterocycles. The fourth-order valence-corrected chi connectivity index (χ4v) is 0.964. The molecule has 0 fully saturated rings. The van der Waals surface area contributed by atoms with Gasteiger partial charge in [0.2, 0.25) is 0 Å². The maximum atomic E-state index is 9.64. The summed E-state index contributed by atoms with van der Waals surface area (Å²) in [4.78, 5) is 3.89. The summed E-state index contributed by atoms with van der Waals surface area (Å²) < 4.78 is 4.89. The number of hydrogen-bond donors (Lipinski definition) is 1. The highest BCUT2D eigenvalue weighted by molar-refractivity contribution is 5.72. The van der Waals surface area contributed by atoms with Crippen molar-refractivity contribution >= 4 is 5.57 Å². The zero-order valence-corrected chi connectivity index (χ0v) is 9.06. The molecule has 0 saturated heterocycles. The molecule has 0 bridgehead atoms. The lowest BCUT2D eigenvalue weighted by atomic mass is 10.1. The minimum atomic E-state index is 0.122. The molecule has 1 N–H and O–H groups in total. The Morgan fingerprint density at radius 1 is 1.40 bits per heavy atom. The number of hydrogen-bond acceptors (Lipinski definition) is 4. The van der Waals surface area contributed by atoms with Crippen LogP contribution in [0.1, 0.15) is 26.7 Å². The first kappa shape index (κ1) is 11.2. The van der Waals surface area contributed by atoms with Crippen LogP contribution in [0, 0.1) is 0 Å². The third-order valence-electron chi connectivity index (χ3n) is 1.72. The van der Waals surface area contributed by atoms with Gasteiger partial charge in [-0.25, -0.2) is 0 Å². The van der Waals surface area contributed by atoms with Gasteiger partial charge in [-0.05, 0) is 32.9 Å². The van der Waals surface area contributed by atoms with Gasteiger partial charge in [0.25, 0.3) is 5.89 Å². The largest absolute Gasteiger partial charge is 0.507 e. The Labute approximate surface area is 88.6 Å². The van der Waals surface area contributed by atoms with Crippen LogP contribution in [0.15, 0.2) is 40.4 Å². The van der Waals surface area contributed by atoms with Gasteiger partial charge in [-0.2, -0.15) is 4.98 Å². The highest BCUT2D eigenvalue weighted by Gasteiger charge is 2.10. The Kier molecular flexibility index (Phi) is 3.85. The van der Waals surface area contributed by atoms with Crippen molar-refractivity contribution in [3.8, 4) is 0 Å². The monoisotopic (exact) mass is 206 g/mol. The highest BCUT2D eigenvalue weighted by atomic mass is 16.5. The van der Waals surface area contributed by atoms with Crippen LogP contribution in [-0.2, 0) is 0 Å². The topological polar surface area (TPSA) is 59.2 Å². The van der Waals surface area contributed by atoms with Gasteiger partial charge in [0.1, 0.15) is 5.76 Å². The van der Waals surface area contributed by atoms with Crippen LogP contribution >= 0.6 is 0 Å². The van der Waals surface area contributed by atoms with Gasteiger partial charge >= 0.3 is 0 Å². The molecule has 15 heavy (non-hydrogen) atoms. The molecule has 4 heteroatoms. The second-order valence-electron chi connectivity index (χ2n) is 3.24. The quantitative estimate of drug-likeness (QED) is 0.610. The Hall–Kier alpha value is -1.84. The van der Waals surface area contributed by atoms with Gasteiger partial charge in [-0.1, -0.05) is 16.8 Å². The third-order valence-corrected chi connectivity index (χ3v) is 1.72. The molecule has 0 unspecified atom stereocenters. The highest BCUT2D eigenvalue weighted by Crippen LogP contribution is 2.18. The standard InChI is InChI=1S/C11H14N2O2/c1-4-10(14)9(6-5-8(2)3)11-12-7-13-15-11/h4-7,14H,1-3H3/b9-6+,10-4+. The third kappa shape index (κ3) is 3.09. The van der Waals surface area contributed by atoms with Crippen molar-refractivity contribution in [1.29, 1.82) is 0 Å². The molecule has 0 saturated carbocycles. The van der Waals surface area contributed by atoms with E-state index in [4.69, 9.17) is 4.52 Å². The molecule has 1 rings (SSSR count). The Morgan fingerprint density at radius 2 is 2.13 bits per heavy atom. The molecule has 1 heterocycles. The maximum absolute atomic E-state index is 9.64. The zero-order chi connectivity index (χ0) is 11.3. The van der Waals surface area contributed by atoms with E-state index in [-0.39, 0.29) is 5.76 Å². The molecule has 0 spiro atoms. The molecule has 1 aromatic rings. The van der Waals surface area contributed by atoms with E-state index < -0.39 is 0 Å². The Morgan fingerprint density at radius 3 is 2.60 bits per heavy atom. The van der Waals surface area contributed by atoms with Crippen molar-refractivity contribution in [1.82, 2.24) is 10.1 Å². The van der Waals surface area contributed by atoms with E-state index in [9.17, 15) is 5.11 Å². The van der Waals surface area contributed by atoms with Gasteiger partial charge < -0.3 is 9.63 Å². The molecule has 4 nitrogen and oxygen atoms in total. The minimum Gasteiger partial charge on any atom is -0.507 e. The summed E-state index contributed by atoms with van der Waals surface area (Å²) in [7, 11) is 0. The normalized spacial score (nSPS) is 12.7. The number of aromatic nitrogens is 2. The smallest absolute Gasteiger partial charge is 0.261 e. The predicted octanol–water partition coefficient (Wildman–Crippen LogP) is 2.88. The molecule has 80 valence electrons. The van der Waals surface area contributed by atoms with E-state index in [1.54, 1.807) is 19.1 Å². The first-order valence-electron chi connectivity index (χ1n) is 4.63. The average molecular weight is 206 g/mol. The molecule has 0 atom stereocenters. The molecule has 0 radical (unpaired) electrons. The van der Waals surface area contributed by atoms with Gasteiger partial charge in [0.05, 0.1) is 5.57 Å². The van der Waals surface area contributed by atoms with Crippen LogP contribution in [0.5, 0.6) is 0 Å². The van der Waals surface area contributed by atoms with Crippen LogP contribution in [0.3, 0.4) is 0 Å². The molecular weight excluding hydrogens is 192 g/mol. The molecule has 0 aromatic carbocycles. The molecule has 0 aliphatic carbocycles. The van der Waals surface area contributed by atoms with Crippen molar-refractivity contribution in [2.24, 2.45) is 0 Å². The fraction of sp³-hybridized carbons (Fsp3) is 0.273. The first-order chi connectivity index (χ1) is 7.15. The van der Waals surface area contributed by atoms with E-state index in [0.717, 1.165) is 5.57 Å². The van der Waals surface area contributed by atoms with Crippen molar-refractivity contribution in [2.45, 2.75) is 20.8 Å². The SMILES string of the molecule is C/C=C(O)\C(=C/C=C(C)C)c1ncno1. The molecule has 0 amide bonds. The van der Waals surface area contributed by atoms with Gasteiger partial charge in [0.15, 0.2) is 6.33 Å². The summed E-state index contributed by atoms with van der Waals surface area (Å²) in [6, 6.07) is 0.